The number of methoxy groups -OCH3 is 1. The van der Waals surface area contributed by atoms with E-state index < -0.39 is 0 Å². The van der Waals surface area contributed by atoms with Crippen LogP contribution in [0.25, 0.3) is 10.8 Å². The zero-order chi connectivity index (χ0) is 20.4. The van der Waals surface area contributed by atoms with E-state index >= 15 is 0 Å². The van der Waals surface area contributed by atoms with Crippen LogP contribution in [0.2, 0.25) is 0 Å². The Balaban J connectivity index is 1.71. The van der Waals surface area contributed by atoms with Gasteiger partial charge in [0.2, 0.25) is 0 Å². The number of carbonyl (C=O) groups excluding carboxylic acids is 1. The maximum atomic E-state index is 13.3. The molecule has 29 heavy (non-hydrogen) atoms. The van der Waals surface area contributed by atoms with Crippen molar-refractivity contribution in [2.45, 2.75) is 20.3 Å². The molecular formula is C24H27N3O2. The highest BCUT2D eigenvalue weighted by Crippen LogP contribution is 2.32. The number of carbonyl (C=O) groups is 1. The van der Waals surface area contributed by atoms with E-state index in [0.717, 1.165) is 35.3 Å². The first-order valence-electron chi connectivity index (χ1n) is 10.1. The number of benzene rings is 2. The van der Waals surface area contributed by atoms with E-state index in [2.05, 4.69) is 24.1 Å². The second-order valence-corrected chi connectivity index (χ2v) is 8.05. The Morgan fingerprint density at radius 2 is 1.69 bits per heavy atom. The van der Waals surface area contributed by atoms with Crippen LogP contribution < -0.4 is 10.1 Å². The molecule has 1 aromatic heterocycles. The lowest BCUT2D eigenvalue weighted by Crippen LogP contribution is -2.42. The highest BCUT2D eigenvalue weighted by molar-refractivity contribution is 6.09. The number of piperidine rings is 1. The number of amides is 1. The van der Waals surface area contributed by atoms with Gasteiger partial charge in [0.15, 0.2) is 0 Å². The highest BCUT2D eigenvalue weighted by atomic mass is 16.5. The first-order valence-corrected chi connectivity index (χ1v) is 10.1. The maximum Gasteiger partial charge on any atom is 0.256 e. The molecular weight excluding hydrogens is 362 g/mol. The molecule has 2 heterocycles. The van der Waals surface area contributed by atoms with Crippen LogP contribution in [0.1, 0.15) is 30.6 Å². The third-order valence-corrected chi connectivity index (χ3v) is 5.54. The van der Waals surface area contributed by atoms with E-state index in [1.807, 2.05) is 53.4 Å². The monoisotopic (exact) mass is 389 g/mol. The average Bonchev–Trinajstić information content (AvgIpc) is 2.73. The standard InChI is InChI=1S/C24H27N3O2/c1-16-12-17(2)15-27(14-16)24(28)20-13-25-23(19-9-5-4-8-18(19)20)26-21-10-6-7-11-22(21)29-3/h4-11,13,16-17H,12,14-15H2,1-3H3,(H,25,26). The molecule has 0 spiro atoms. The summed E-state index contributed by atoms with van der Waals surface area (Å²) in [5, 5.41) is 5.20. The van der Waals surface area contributed by atoms with Gasteiger partial charge in [-0.25, -0.2) is 4.98 Å². The summed E-state index contributed by atoms with van der Waals surface area (Å²) in [6, 6.07) is 15.7. The molecule has 1 aliphatic rings. The summed E-state index contributed by atoms with van der Waals surface area (Å²) >= 11 is 0. The molecule has 0 bridgehead atoms. The van der Waals surface area contributed by atoms with Crippen molar-refractivity contribution < 1.29 is 9.53 Å². The van der Waals surface area contributed by atoms with E-state index in [9.17, 15) is 4.79 Å². The molecule has 1 N–H and O–H groups in total. The van der Waals surface area contributed by atoms with Gasteiger partial charge in [-0.15, -0.1) is 0 Å². The third-order valence-electron chi connectivity index (χ3n) is 5.54. The summed E-state index contributed by atoms with van der Waals surface area (Å²) in [7, 11) is 1.65. The second kappa shape index (κ2) is 8.11. The Hall–Kier alpha value is -3.08. The number of fused-ring (bicyclic) bond motifs is 1. The van der Waals surface area contributed by atoms with Crippen LogP contribution in [-0.2, 0) is 0 Å². The van der Waals surface area contributed by atoms with Crippen molar-refractivity contribution in [3.8, 4) is 5.75 Å². The van der Waals surface area contributed by atoms with Crippen molar-refractivity contribution in [2.24, 2.45) is 11.8 Å². The summed E-state index contributed by atoms with van der Waals surface area (Å²) in [6.07, 6.45) is 2.87. The molecule has 5 heteroatoms. The molecule has 2 atom stereocenters. The molecule has 1 amide bonds. The number of ether oxygens (including phenoxy) is 1. The van der Waals surface area contributed by atoms with E-state index in [1.165, 1.54) is 6.42 Å². The average molecular weight is 389 g/mol. The van der Waals surface area contributed by atoms with Crippen LogP contribution in [-0.4, -0.2) is 36.0 Å². The summed E-state index contributed by atoms with van der Waals surface area (Å²) in [4.78, 5) is 19.9. The molecule has 2 aromatic carbocycles. The minimum atomic E-state index is 0.0657. The molecule has 1 saturated heterocycles. The Labute approximate surface area is 171 Å². The summed E-state index contributed by atoms with van der Waals surface area (Å²) in [5.74, 6) is 2.56. The van der Waals surface area contributed by atoms with Gasteiger partial charge in [-0.1, -0.05) is 50.2 Å². The molecule has 4 rings (SSSR count). The first kappa shape index (κ1) is 19.2. The molecule has 0 aliphatic carbocycles. The van der Waals surface area contributed by atoms with Gasteiger partial charge in [-0.05, 0) is 35.8 Å². The van der Waals surface area contributed by atoms with Gasteiger partial charge < -0.3 is 15.0 Å². The van der Waals surface area contributed by atoms with Crippen LogP contribution in [0.4, 0.5) is 11.5 Å². The van der Waals surface area contributed by atoms with Crippen LogP contribution >= 0.6 is 0 Å². The summed E-state index contributed by atoms with van der Waals surface area (Å²) in [5.41, 5.74) is 1.50. The summed E-state index contributed by atoms with van der Waals surface area (Å²) in [6.45, 7) is 6.04. The predicted molar refractivity (Wildman–Crippen MR) is 117 cm³/mol. The number of nitrogens with zero attached hydrogens (tertiary/aromatic N) is 2. The normalized spacial score (nSPS) is 19.2. The first-order chi connectivity index (χ1) is 14.1. The number of anilines is 2. The Bertz CT molecular complexity index is 1020. The largest absolute Gasteiger partial charge is 0.495 e. The SMILES string of the molecule is COc1ccccc1Nc1ncc(C(=O)N2CC(C)CC(C)C2)c2ccccc12. The Morgan fingerprint density at radius 3 is 2.41 bits per heavy atom. The zero-order valence-corrected chi connectivity index (χ0v) is 17.2. The zero-order valence-electron chi connectivity index (χ0n) is 17.2. The topological polar surface area (TPSA) is 54.5 Å². The van der Waals surface area contributed by atoms with E-state index in [4.69, 9.17) is 4.74 Å². The van der Waals surface area contributed by atoms with Crippen molar-refractivity contribution in [3.63, 3.8) is 0 Å². The van der Waals surface area contributed by atoms with E-state index in [0.29, 0.717) is 23.2 Å². The lowest BCUT2D eigenvalue weighted by atomic mass is 9.91. The number of likely N-dealkylation sites (tertiary alicyclic amines) is 1. The fourth-order valence-electron chi connectivity index (χ4n) is 4.34. The van der Waals surface area contributed by atoms with Crippen molar-refractivity contribution in [2.75, 3.05) is 25.5 Å². The maximum absolute atomic E-state index is 13.3. The molecule has 1 fully saturated rings. The lowest BCUT2D eigenvalue weighted by Gasteiger charge is -2.35. The van der Waals surface area contributed by atoms with Gasteiger partial charge in [0.05, 0.1) is 18.4 Å². The van der Waals surface area contributed by atoms with Gasteiger partial charge in [0, 0.05) is 24.7 Å². The molecule has 3 aromatic rings. The van der Waals surface area contributed by atoms with Gasteiger partial charge in [0.25, 0.3) is 5.91 Å². The van der Waals surface area contributed by atoms with Crippen LogP contribution in [0, 0.1) is 11.8 Å². The summed E-state index contributed by atoms with van der Waals surface area (Å²) < 4.78 is 5.44. The number of nitrogens with one attached hydrogen (secondary N) is 1. The fourth-order valence-corrected chi connectivity index (χ4v) is 4.34. The highest BCUT2D eigenvalue weighted by Gasteiger charge is 2.27. The third kappa shape index (κ3) is 3.90. The van der Waals surface area contributed by atoms with Gasteiger partial charge >= 0.3 is 0 Å². The van der Waals surface area contributed by atoms with Gasteiger partial charge in [-0.3, -0.25) is 4.79 Å². The molecule has 5 nitrogen and oxygen atoms in total. The number of hydrogen-bond donors (Lipinski definition) is 1. The van der Waals surface area contributed by atoms with Crippen LogP contribution in [0.15, 0.2) is 54.7 Å². The number of aromatic nitrogens is 1. The van der Waals surface area contributed by atoms with E-state index in [-0.39, 0.29) is 5.91 Å². The fraction of sp³-hybridized carbons (Fsp3) is 0.333. The Kier molecular flexibility index (Phi) is 5.38. The smallest absolute Gasteiger partial charge is 0.256 e. The lowest BCUT2D eigenvalue weighted by molar-refractivity contribution is 0.0625. The molecule has 0 radical (unpaired) electrons. The quantitative estimate of drug-likeness (QED) is 0.674. The van der Waals surface area contributed by atoms with Crippen molar-refractivity contribution in [3.05, 3.63) is 60.3 Å². The predicted octanol–water partition coefficient (Wildman–Crippen LogP) is 5.11. The van der Waals surface area contributed by atoms with Gasteiger partial charge in [0.1, 0.15) is 11.6 Å². The molecule has 0 saturated carbocycles. The minimum Gasteiger partial charge on any atom is -0.495 e. The minimum absolute atomic E-state index is 0.0657. The van der Waals surface area contributed by atoms with Crippen molar-refractivity contribution in [1.29, 1.82) is 0 Å². The Morgan fingerprint density at radius 1 is 1.03 bits per heavy atom. The number of pyridine rings is 1. The van der Waals surface area contributed by atoms with Crippen LogP contribution in [0.5, 0.6) is 5.75 Å². The number of rotatable bonds is 4. The molecule has 150 valence electrons. The van der Waals surface area contributed by atoms with E-state index in [1.54, 1.807) is 13.3 Å². The number of hydrogen-bond acceptors (Lipinski definition) is 4. The molecule has 2 unspecified atom stereocenters. The van der Waals surface area contributed by atoms with Gasteiger partial charge in [-0.2, -0.15) is 0 Å². The van der Waals surface area contributed by atoms with Crippen molar-refractivity contribution in [1.82, 2.24) is 9.88 Å². The van der Waals surface area contributed by atoms with Crippen LogP contribution in [0.3, 0.4) is 0 Å². The number of para-hydroxylation sites is 2. The molecule has 1 aliphatic heterocycles. The second-order valence-electron chi connectivity index (χ2n) is 8.05. The van der Waals surface area contributed by atoms with Crippen molar-refractivity contribution >= 4 is 28.2 Å².